The molecule has 0 bridgehead atoms. The van der Waals surface area contributed by atoms with Gasteiger partial charge in [0.1, 0.15) is 12.4 Å². The fourth-order valence-electron chi connectivity index (χ4n) is 1.91. The second-order valence-corrected chi connectivity index (χ2v) is 6.53. The van der Waals surface area contributed by atoms with Crippen LogP contribution in [0, 0.1) is 6.92 Å². The van der Waals surface area contributed by atoms with E-state index in [0.29, 0.717) is 26.7 Å². The van der Waals surface area contributed by atoms with Crippen LogP contribution in [-0.4, -0.2) is 10.9 Å². The number of halogens is 2. The molecule has 24 heavy (non-hydrogen) atoms. The van der Waals surface area contributed by atoms with E-state index in [1.165, 1.54) is 11.3 Å². The molecule has 0 aliphatic carbocycles. The van der Waals surface area contributed by atoms with Crippen LogP contribution in [0.25, 0.3) is 0 Å². The number of amides is 1. The van der Waals surface area contributed by atoms with Gasteiger partial charge in [0.2, 0.25) is 0 Å². The number of anilines is 1. The minimum atomic E-state index is -0.369. The topological polar surface area (TPSA) is 64.4 Å². The normalized spacial score (nSPS) is 10.6. The van der Waals surface area contributed by atoms with Crippen molar-refractivity contribution in [1.29, 1.82) is 0 Å². The number of furan rings is 1. The third-order valence-electron chi connectivity index (χ3n) is 3.00. The Bertz CT molecular complexity index is 856. The van der Waals surface area contributed by atoms with Gasteiger partial charge in [0.15, 0.2) is 16.6 Å². The summed E-state index contributed by atoms with van der Waals surface area (Å²) in [5, 5.41) is 5.87. The molecule has 0 atom stereocenters. The second kappa shape index (κ2) is 7.25. The molecule has 0 aliphatic heterocycles. The second-order valence-electron chi connectivity index (χ2n) is 4.85. The number of hydrogen-bond acceptors (Lipinski definition) is 5. The lowest BCUT2D eigenvalue weighted by Crippen LogP contribution is -2.10. The summed E-state index contributed by atoms with van der Waals surface area (Å²) < 4.78 is 11.0. The molecule has 0 saturated carbocycles. The highest BCUT2D eigenvalue weighted by atomic mass is 35.5. The van der Waals surface area contributed by atoms with E-state index in [-0.39, 0.29) is 18.3 Å². The molecule has 3 rings (SSSR count). The lowest BCUT2D eigenvalue weighted by atomic mass is 10.3. The minimum absolute atomic E-state index is 0.104. The van der Waals surface area contributed by atoms with Crippen molar-refractivity contribution in [2.75, 3.05) is 5.32 Å². The van der Waals surface area contributed by atoms with Gasteiger partial charge in [0.05, 0.1) is 15.7 Å². The number of thiazole rings is 1. The number of nitrogens with zero attached hydrogens (tertiary/aromatic N) is 1. The first-order valence-corrected chi connectivity index (χ1v) is 8.55. The maximum atomic E-state index is 12.1. The Morgan fingerprint density at radius 3 is 2.71 bits per heavy atom. The molecule has 0 aliphatic rings. The first-order valence-electron chi connectivity index (χ1n) is 6.92. The smallest absolute Gasteiger partial charge is 0.293 e. The summed E-state index contributed by atoms with van der Waals surface area (Å²) in [4.78, 5) is 16.3. The van der Waals surface area contributed by atoms with Crippen LogP contribution in [0.15, 0.2) is 40.1 Å². The van der Waals surface area contributed by atoms with Crippen LogP contribution < -0.4 is 10.1 Å². The van der Waals surface area contributed by atoms with Gasteiger partial charge in [0.25, 0.3) is 5.91 Å². The quantitative estimate of drug-likeness (QED) is 0.659. The highest BCUT2D eigenvalue weighted by Crippen LogP contribution is 2.33. The fourth-order valence-corrected chi connectivity index (χ4v) is 3.10. The summed E-state index contributed by atoms with van der Waals surface area (Å²) in [6.45, 7) is 1.96. The van der Waals surface area contributed by atoms with E-state index in [9.17, 15) is 4.79 Å². The van der Waals surface area contributed by atoms with Gasteiger partial charge in [0, 0.05) is 5.38 Å². The Hall–Kier alpha value is -2.02. The molecule has 1 aromatic carbocycles. The lowest BCUT2D eigenvalue weighted by molar-refractivity contribution is 0.0992. The van der Waals surface area contributed by atoms with E-state index in [2.05, 4.69) is 10.3 Å². The fraction of sp³-hybridized carbons (Fsp3) is 0.125. The highest BCUT2D eigenvalue weighted by molar-refractivity contribution is 7.13. The van der Waals surface area contributed by atoms with Crippen LogP contribution in [0.2, 0.25) is 10.0 Å². The largest absolute Gasteiger partial charge is 0.483 e. The number of benzene rings is 1. The molecule has 124 valence electrons. The van der Waals surface area contributed by atoms with Crippen molar-refractivity contribution >= 4 is 45.6 Å². The van der Waals surface area contributed by atoms with Gasteiger partial charge < -0.3 is 9.15 Å². The number of carbonyl (C=O) groups excluding carboxylic acids is 1. The molecule has 0 spiro atoms. The molecule has 3 aromatic rings. The van der Waals surface area contributed by atoms with Gasteiger partial charge in [-0.15, -0.1) is 11.3 Å². The Morgan fingerprint density at radius 1 is 1.29 bits per heavy atom. The van der Waals surface area contributed by atoms with Gasteiger partial charge in [-0.05, 0) is 31.2 Å². The van der Waals surface area contributed by atoms with Crippen LogP contribution in [0.5, 0.6) is 5.75 Å². The van der Waals surface area contributed by atoms with E-state index >= 15 is 0 Å². The van der Waals surface area contributed by atoms with Gasteiger partial charge in [-0.3, -0.25) is 10.1 Å². The van der Waals surface area contributed by atoms with E-state index in [1.807, 2.05) is 12.3 Å². The molecule has 0 radical (unpaired) electrons. The molecule has 0 unspecified atom stereocenters. The lowest BCUT2D eigenvalue weighted by Gasteiger charge is -2.08. The molecule has 2 aromatic heterocycles. The van der Waals surface area contributed by atoms with Crippen molar-refractivity contribution in [3.8, 4) is 5.75 Å². The summed E-state index contributed by atoms with van der Waals surface area (Å²) in [5.41, 5.74) is 0.848. The van der Waals surface area contributed by atoms with Crippen molar-refractivity contribution < 1.29 is 13.9 Å². The molecule has 2 heterocycles. The van der Waals surface area contributed by atoms with Crippen LogP contribution in [0.4, 0.5) is 5.13 Å². The summed E-state index contributed by atoms with van der Waals surface area (Å²) in [6.07, 6.45) is 0. The van der Waals surface area contributed by atoms with Gasteiger partial charge in [-0.25, -0.2) is 4.98 Å². The zero-order chi connectivity index (χ0) is 17.1. The number of carbonyl (C=O) groups is 1. The predicted molar refractivity (Wildman–Crippen MR) is 94.3 cm³/mol. The minimum Gasteiger partial charge on any atom is -0.483 e. The Labute approximate surface area is 152 Å². The van der Waals surface area contributed by atoms with Crippen molar-refractivity contribution in [2.45, 2.75) is 13.5 Å². The average molecular weight is 383 g/mol. The Balaban J connectivity index is 1.64. The predicted octanol–water partition coefficient (Wildman–Crippen LogP) is 5.18. The third kappa shape index (κ3) is 3.90. The van der Waals surface area contributed by atoms with Crippen molar-refractivity contribution in [3.05, 3.63) is 63.0 Å². The number of ether oxygens (including phenoxy) is 1. The van der Waals surface area contributed by atoms with Crippen LogP contribution in [0.1, 0.15) is 22.0 Å². The molecular formula is C16H12Cl2N2O3S. The number of hydrogen-bond donors (Lipinski definition) is 1. The zero-order valence-corrected chi connectivity index (χ0v) is 14.8. The van der Waals surface area contributed by atoms with E-state index in [1.54, 1.807) is 30.3 Å². The van der Waals surface area contributed by atoms with Crippen molar-refractivity contribution in [3.63, 3.8) is 0 Å². The molecular weight excluding hydrogens is 371 g/mol. The zero-order valence-electron chi connectivity index (χ0n) is 12.5. The Kier molecular flexibility index (Phi) is 5.08. The van der Waals surface area contributed by atoms with Crippen LogP contribution >= 0.6 is 34.5 Å². The maximum Gasteiger partial charge on any atom is 0.293 e. The van der Waals surface area contributed by atoms with Crippen molar-refractivity contribution in [1.82, 2.24) is 4.98 Å². The van der Waals surface area contributed by atoms with Crippen LogP contribution in [-0.2, 0) is 6.61 Å². The van der Waals surface area contributed by atoms with Gasteiger partial charge in [-0.1, -0.05) is 29.3 Å². The first kappa shape index (κ1) is 16.8. The SMILES string of the molecule is Cc1csc(NC(=O)c2ccc(COc3c(Cl)cccc3Cl)o2)n1. The van der Waals surface area contributed by atoms with E-state index < -0.39 is 0 Å². The summed E-state index contributed by atoms with van der Waals surface area (Å²) in [5.74, 6) is 0.658. The summed E-state index contributed by atoms with van der Waals surface area (Å²) in [7, 11) is 0. The average Bonchev–Trinajstić information content (AvgIpc) is 3.16. The van der Waals surface area contributed by atoms with Gasteiger partial charge in [-0.2, -0.15) is 0 Å². The monoisotopic (exact) mass is 382 g/mol. The summed E-state index contributed by atoms with van der Waals surface area (Å²) in [6, 6.07) is 8.32. The number of aromatic nitrogens is 1. The number of nitrogens with one attached hydrogen (secondary N) is 1. The summed E-state index contributed by atoms with van der Waals surface area (Å²) >= 11 is 13.4. The molecule has 5 nitrogen and oxygen atoms in total. The third-order valence-corrected chi connectivity index (χ3v) is 4.47. The first-order chi connectivity index (χ1) is 11.5. The number of para-hydroxylation sites is 1. The molecule has 8 heteroatoms. The standard InChI is InChI=1S/C16H12Cl2N2O3S/c1-9-8-24-16(19-9)20-15(21)13-6-5-10(23-13)7-22-14-11(17)3-2-4-12(14)18/h2-6,8H,7H2,1H3,(H,19,20,21). The molecule has 0 saturated heterocycles. The van der Waals surface area contributed by atoms with Crippen LogP contribution in [0.3, 0.4) is 0 Å². The van der Waals surface area contributed by atoms with Crippen molar-refractivity contribution in [2.24, 2.45) is 0 Å². The number of rotatable bonds is 5. The highest BCUT2D eigenvalue weighted by Gasteiger charge is 2.14. The molecule has 1 N–H and O–H groups in total. The van der Waals surface area contributed by atoms with Gasteiger partial charge >= 0.3 is 0 Å². The van der Waals surface area contributed by atoms with E-state index in [4.69, 9.17) is 32.4 Å². The number of aryl methyl sites for hydroxylation is 1. The maximum absolute atomic E-state index is 12.1. The molecule has 1 amide bonds. The van der Waals surface area contributed by atoms with E-state index in [0.717, 1.165) is 5.69 Å². The molecule has 0 fully saturated rings. The Morgan fingerprint density at radius 2 is 2.04 bits per heavy atom.